The standard InChI is InChI=1S/C22H22F2N2O3/c23-17-6-7-19(24)18(14-17)21(28)25-12-10-22(11-13-25)9-8-20(27)26(22)29-15-16-4-2-1-3-5-16/h1-7,14H,8-13,15H2. The van der Waals surface area contributed by atoms with Crippen molar-refractivity contribution in [3.05, 3.63) is 71.3 Å². The molecule has 7 heteroatoms. The molecule has 1 spiro atoms. The number of carbonyl (C=O) groups excluding carboxylic acids is 2. The van der Waals surface area contributed by atoms with Crippen molar-refractivity contribution in [1.29, 1.82) is 0 Å². The van der Waals surface area contributed by atoms with Gasteiger partial charge in [0.2, 0.25) is 5.91 Å². The summed E-state index contributed by atoms with van der Waals surface area (Å²) in [6.45, 7) is 1.01. The van der Waals surface area contributed by atoms with Gasteiger partial charge in [0, 0.05) is 19.5 Å². The molecular weight excluding hydrogens is 378 g/mol. The van der Waals surface area contributed by atoms with Gasteiger partial charge in [-0.2, -0.15) is 0 Å². The molecule has 0 aliphatic carbocycles. The quantitative estimate of drug-likeness (QED) is 0.787. The highest BCUT2D eigenvalue weighted by molar-refractivity contribution is 5.94. The zero-order chi connectivity index (χ0) is 20.4. The number of amides is 2. The number of likely N-dealkylation sites (tertiary alicyclic amines) is 1. The maximum absolute atomic E-state index is 14.0. The first-order valence-corrected chi connectivity index (χ1v) is 9.73. The lowest BCUT2D eigenvalue weighted by atomic mass is 9.85. The van der Waals surface area contributed by atoms with Crippen LogP contribution in [0.25, 0.3) is 0 Å². The van der Waals surface area contributed by atoms with Crippen LogP contribution in [-0.4, -0.2) is 40.4 Å². The highest BCUT2D eigenvalue weighted by Gasteiger charge is 2.49. The smallest absolute Gasteiger partial charge is 0.256 e. The van der Waals surface area contributed by atoms with Crippen molar-refractivity contribution in [1.82, 2.24) is 9.96 Å². The lowest BCUT2D eigenvalue weighted by Crippen LogP contribution is -2.54. The Hall–Kier alpha value is -2.80. The Labute approximate surface area is 167 Å². The molecule has 2 aromatic rings. The average molecular weight is 400 g/mol. The first-order valence-electron chi connectivity index (χ1n) is 9.73. The third-order valence-electron chi connectivity index (χ3n) is 5.80. The van der Waals surface area contributed by atoms with Crippen molar-refractivity contribution in [2.24, 2.45) is 0 Å². The van der Waals surface area contributed by atoms with Gasteiger partial charge >= 0.3 is 0 Å². The molecule has 152 valence electrons. The first kappa shape index (κ1) is 19.5. The molecule has 0 saturated carbocycles. The maximum atomic E-state index is 14.0. The Kier molecular flexibility index (Phi) is 5.32. The molecule has 2 aliphatic heterocycles. The van der Waals surface area contributed by atoms with Gasteiger partial charge in [0.05, 0.1) is 11.1 Å². The number of hydrogen-bond acceptors (Lipinski definition) is 3. The van der Waals surface area contributed by atoms with Gasteiger partial charge in [0.1, 0.15) is 18.2 Å². The Bertz CT molecular complexity index is 912. The van der Waals surface area contributed by atoms with E-state index < -0.39 is 23.1 Å². The Balaban J connectivity index is 1.43. The van der Waals surface area contributed by atoms with Crippen LogP contribution in [0.5, 0.6) is 0 Å². The molecule has 2 amide bonds. The van der Waals surface area contributed by atoms with Crippen LogP contribution in [-0.2, 0) is 16.2 Å². The molecule has 2 heterocycles. The first-order chi connectivity index (χ1) is 14.0. The van der Waals surface area contributed by atoms with Crippen LogP contribution in [0.4, 0.5) is 8.78 Å². The maximum Gasteiger partial charge on any atom is 0.256 e. The van der Waals surface area contributed by atoms with Crippen molar-refractivity contribution in [3.8, 4) is 0 Å². The van der Waals surface area contributed by atoms with Crippen LogP contribution in [0, 0.1) is 11.6 Å². The molecule has 0 N–H and O–H groups in total. The molecule has 0 atom stereocenters. The molecule has 0 radical (unpaired) electrons. The number of nitrogens with zero attached hydrogens (tertiary/aromatic N) is 2. The minimum absolute atomic E-state index is 0.0584. The Morgan fingerprint density at radius 2 is 1.76 bits per heavy atom. The van der Waals surface area contributed by atoms with E-state index in [1.807, 2.05) is 30.3 Å². The van der Waals surface area contributed by atoms with Gasteiger partial charge < -0.3 is 4.90 Å². The van der Waals surface area contributed by atoms with E-state index in [0.717, 1.165) is 23.8 Å². The lowest BCUT2D eigenvalue weighted by Gasteiger charge is -2.43. The van der Waals surface area contributed by atoms with Crippen LogP contribution in [0.15, 0.2) is 48.5 Å². The largest absolute Gasteiger partial charge is 0.338 e. The third-order valence-corrected chi connectivity index (χ3v) is 5.80. The van der Waals surface area contributed by atoms with E-state index in [1.165, 1.54) is 9.96 Å². The van der Waals surface area contributed by atoms with Crippen molar-refractivity contribution in [2.45, 2.75) is 37.8 Å². The predicted octanol–water partition coefficient (Wildman–Crippen LogP) is 3.69. The number of hydroxylamine groups is 2. The third kappa shape index (κ3) is 3.87. The zero-order valence-electron chi connectivity index (χ0n) is 15.9. The number of benzene rings is 2. The second-order valence-electron chi connectivity index (χ2n) is 7.59. The summed E-state index contributed by atoms with van der Waals surface area (Å²) in [6.07, 6.45) is 2.14. The molecule has 0 aromatic heterocycles. The molecule has 2 aliphatic rings. The molecule has 5 nitrogen and oxygen atoms in total. The summed E-state index contributed by atoms with van der Waals surface area (Å²) in [5.74, 6) is -1.97. The van der Waals surface area contributed by atoms with Gasteiger partial charge in [-0.3, -0.25) is 14.4 Å². The number of rotatable bonds is 4. The SMILES string of the molecule is O=C(c1cc(F)ccc1F)N1CCC2(CCC(=O)N2OCc2ccccc2)CC1. The molecular formula is C22H22F2N2O3. The summed E-state index contributed by atoms with van der Waals surface area (Å²) in [6, 6.07) is 12.5. The fraction of sp³-hybridized carbons (Fsp3) is 0.364. The van der Waals surface area contributed by atoms with E-state index in [-0.39, 0.29) is 11.5 Å². The van der Waals surface area contributed by atoms with Gasteiger partial charge in [-0.25, -0.2) is 13.8 Å². The van der Waals surface area contributed by atoms with E-state index in [4.69, 9.17) is 4.84 Å². The fourth-order valence-corrected chi connectivity index (χ4v) is 4.14. The van der Waals surface area contributed by atoms with Crippen LogP contribution < -0.4 is 0 Å². The van der Waals surface area contributed by atoms with Crippen molar-refractivity contribution >= 4 is 11.8 Å². The van der Waals surface area contributed by atoms with Gasteiger partial charge in [0.25, 0.3) is 5.91 Å². The predicted molar refractivity (Wildman–Crippen MR) is 102 cm³/mol. The summed E-state index contributed by atoms with van der Waals surface area (Å²) >= 11 is 0. The second-order valence-corrected chi connectivity index (χ2v) is 7.59. The van der Waals surface area contributed by atoms with Gasteiger partial charge in [-0.15, -0.1) is 0 Å². The highest BCUT2D eigenvalue weighted by Crippen LogP contribution is 2.40. The molecule has 2 saturated heterocycles. The van der Waals surface area contributed by atoms with E-state index in [1.54, 1.807) is 0 Å². The summed E-state index contributed by atoms with van der Waals surface area (Å²) in [5.41, 5.74) is 0.250. The fourth-order valence-electron chi connectivity index (χ4n) is 4.14. The van der Waals surface area contributed by atoms with E-state index in [2.05, 4.69) is 0 Å². The molecule has 0 unspecified atom stereocenters. The minimum Gasteiger partial charge on any atom is -0.338 e. The van der Waals surface area contributed by atoms with E-state index in [0.29, 0.717) is 45.4 Å². The molecule has 2 aromatic carbocycles. The van der Waals surface area contributed by atoms with E-state index >= 15 is 0 Å². The van der Waals surface area contributed by atoms with E-state index in [9.17, 15) is 18.4 Å². The zero-order valence-corrected chi connectivity index (χ0v) is 15.9. The van der Waals surface area contributed by atoms with Crippen LogP contribution in [0.3, 0.4) is 0 Å². The van der Waals surface area contributed by atoms with Gasteiger partial charge in [-0.05, 0) is 43.0 Å². The number of carbonyl (C=O) groups is 2. The summed E-state index contributed by atoms with van der Waals surface area (Å²) in [4.78, 5) is 32.5. The average Bonchev–Trinajstić information content (AvgIpc) is 3.04. The lowest BCUT2D eigenvalue weighted by molar-refractivity contribution is -0.221. The Morgan fingerprint density at radius 1 is 1.03 bits per heavy atom. The van der Waals surface area contributed by atoms with Crippen LogP contribution in [0.1, 0.15) is 41.6 Å². The van der Waals surface area contributed by atoms with Crippen LogP contribution in [0.2, 0.25) is 0 Å². The molecule has 29 heavy (non-hydrogen) atoms. The van der Waals surface area contributed by atoms with Crippen molar-refractivity contribution in [3.63, 3.8) is 0 Å². The normalized spacial score (nSPS) is 18.5. The second kappa shape index (κ2) is 7.91. The number of hydrogen-bond donors (Lipinski definition) is 0. The molecule has 4 rings (SSSR count). The molecule has 2 fully saturated rings. The van der Waals surface area contributed by atoms with Gasteiger partial charge in [0.15, 0.2) is 0 Å². The molecule has 0 bridgehead atoms. The van der Waals surface area contributed by atoms with Gasteiger partial charge in [-0.1, -0.05) is 30.3 Å². The Morgan fingerprint density at radius 3 is 2.48 bits per heavy atom. The minimum atomic E-state index is -0.736. The number of halogens is 2. The highest BCUT2D eigenvalue weighted by atomic mass is 19.1. The summed E-state index contributed by atoms with van der Waals surface area (Å²) in [5, 5.41) is 1.49. The topological polar surface area (TPSA) is 49.9 Å². The van der Waals surface area contributed by atoms with Crippen molar-refractivity contribution in [2.75, 3.05) is 13.1 Å². The van der Waals surface area contributed by atoms with Crippen LogP contribution >= 0.6 is 0 Å². The number of piperidine rings is 1. The van der Waals surface area contributed by atoms with Crippen molar-refractivity contribution < 1.29 is 23.2 Å². The summed E-state index contributed by atoms with van der Waals surface area (Å²) in [7, 11) is 0. The monoisotopic (exact) mass is 400 g/mol. The summed E-state index contributed by atoms with van der Waals surface area (Å²) < 4.78 is 27.4.